The van der Waals surface area contributed by atoms with E-state index in [0.29, 0.717) is 31.0 Å². The van der Waals surface area contributed by atoms with Crippen molar-refractivity contribution in [2.75, 3.05) is 37.6 Å². The number of aromatic nitrogens is 4. The van der Waals surface area contributed by atoms with Crippen LogP contribution in [0.5, 0.6) is 0 Å². The average Bonchev–Trinajstić information content (AvgIpc) is 3.54. The smallest absolute Gasteiger partial charge is 0.220 e. The van der Waals surface area contributed by atoms with E-state index < -0.39 is 0 Å². The van der Waals surface area contributed by atoms with Crippen molar-refractivity contribution in [1.29, 1.82) is 0 Å². The second-order valence-corrected chi connectivity index (χ2v) is 9.42. The molecule has 3 aromatic rings. The van der Waals surface area contributed by atoms with E-state index in [1.165, 1.54) is 25.0 Å². The molecule has 2 saturated heterocycles. The fourth-order valence-corrected chi connectivity index (χ4v) is 4.86. The zero-order valence-electron chi connectivity index (χ0n) is 19.5. The summed E-state index contributed by atoms with van der Waals surface area (Å²) in [6.45, 7) is 5.61. The lowest BCUT2D eigenvalue weighted by Crippen LogP contribution is -2.38. The largest absolute Gasteiger partial charge is 0.356 e. The van der Waals surface area contributed by atoms with Crippen molar-refractivity contribution < 1.29 is 9.18 Å². The minimum absolute atomic E-state index is 0.0428. The van der Waals surface area contributed by atoms with E-state index >= 15 is 0 Å². The van der Waals surface area contributed by atoms with E-state index in [1.807, 2.05) is 24.3 Å². The summed E-state index contributed by atoms with van der Waals surface area (Å²) in [6.07, 6.45) is 5.39. The van der Waals surface area contributed by atoms with Gasteiger partial charge in [0.05, 0.1) is 0 Å². The summed E-state index contributed by atoms with van der Waals surface area (Å²) in [7, 11) is 0. The lowest BCUT2D eigenvalue weighted by Gasteiger charge is -2.32. The number of hydrogen-bond acceptors (Lipinski definition) is 6. The lowest BCUT2D eigenvalue weighted by molar-refractivity contribution is -0.121. The number of aryl methyl sites for hydroxylation is 1. The van der Waals surface area contributed by atoms with Gasteiger partial charge in [0.15, 0.2) is 11.5 Å². The number of fused-ring (bicyclic) bond motifs is 1. The molecular weight excluding hydrogens is 433 g/mol. The van der Waals surface area contributed by atoms with Gasteiger partial charge in [0.25, 0.3) is 0 Å². The maximum Gasteiger partial charge on any atom is 0.220 e. The lowest BCUT2D eigenvalue weighted by atomic mass is 9.96. The van der Waals surface area contributed by atoms with Crippen LogP contribution in [0.2, 0.25) is 0 Å². The summed E-state index contributed by atoms with van der Waals surface area (Å²) in [5, 5.41) is 16.3. The predicted molar refractivity (Wildman–Crippen MR) is 128 cm³/mol. The molecule has 2 aromatic heterocycles. The number of halogens is 1. The maximum absolute atomic E-state index is 13.1. The van der Waals surface area contributed by atoms with E-state index in [0.717, 1.165) is 62.8 Å². The van der Waals surface area contributed by atoms with Gasteiger partial charge in [-0.2, -0.15) is 4.52 Å². The number of nitrogens with one attached hydrogen (secondary N) is 1. The van der Waals surface area contributed by atoms with Crippen LogP contribution in [0.25, 0.3) is 5.65 Å². The highest BCUT2D eigenvalue weighted by atomic mass is 19.1. The molecule has 5 rings (SSSR count). The van der Waals surface area contributed by atoms with E-state index in [2.05, 4.69) is 25.3 Å². The quantitative estimate of drug-likeness (QED) is 0.551. The molecule has 0 bridgehead atoms. The topological polar surface area (TPSA) is 78.7 Å². The minimum Gasteiger partial charge on any atom is -0.356 e. The Bertz CT molecular complexity index is 1100. The van der Waals surface area contributed by atoms with E-state index in [9.17, 15) is 9.18 Å². The molecule has 0 radical (unpaired) electrons. The van der Waals surface area contributed by atoms with Crippen LogP contribution in [0.15, 0.2) is 36.4 Å². The third-order valence-electron chi connectivity index (χ3n) is 6.93. The van der Waals surface area contributed by atoms with Gasteiger partial charge in [-0.05, 0) is 74.5 Å². The van der Waals surface area contributed by atoms with Crippen LogP contribution in [-0.2, 0) is 17.8 Å². The first-order valence-electron chi connectivity index (χ1n) is 12.3. The molecular formula is C25H32FN7O. The van der Waals surface area contributed by atoms with Gasteiger partial charge in [-0.3, -0.25) is 9.69 Å². The number of rotatable bonds is 8. The van der Waals surface area contributed by atoms with Crippen LogP contribution >= 0.6 is 0 Å². The number of anilines is 1. The van der Waals surface area contributed by atoms with Crippen molar-refractivity contribution in [2.24, 2.45) is 5.92 Å². The summed E-state index contributed by atoms with van der Waals surface area (Å²) < 4.78 is 14.9. The number of hydrogen-bond donors (Lipinski definition) is 1. The van der Waals surface area contributed by atoms with Crippen molar-refractivity contribution in [2.45, 2.75) is 45.1 Å². The summed E-state index contributed by atoms with van der Waals surface area (Å²) in [5.41, 5.74) is 1.85. The first kappa shape index (κ1) is 22.7. The summed E-state index contributed by atoms with van der Waals surface area (Å²) in [4.78, 5) is 17.2. The molecule has 2 fully saturated rings. The van der Waals surface area contributed by atoms with Crippen LogP contribution < -0.4 is 10.2 Å². The number of piperidine rings is 1. The Morgan fingerprint density at radius 3 is 2.53 bits per heavy atom. The third kappa shape index (κ3) is 5.52. The highest BCUT2D eigenvalue weighted by molar-refractivity contribution is 5.76. The monoisotopic (exact) mass is 465 g/mol. The second-order valence-electron chi connectivity index (χ2n) is 9.42. The number of benzene rings is 1. The van der Waals surface area contributed by atoms with Gasteiger partial charge >= 0.3 is 0 Å². The zero-order valence-corrected chi connectivity index (χ0v) is 19.5. The molecule has 0 spiro atoms. The fraction of sp³-hybridized carbons (Fsp3) is 0.520. The van der Waals surface area contributed by atoms with Crippen molar-refractivity contribution in [3.05, 3.63) is 53.6 Å². The van der Waals surface area contributed by atoms with Crippen molar-refractivity contribution in [1.82, 2.24) is 30.0 Å². The van der Waals surface area contributed by atoms with Gasteiger partial charge in [-0.1, -0.05) is 12.1 Å². The molecule has 0 saturated carbocycles. The van der Waals surface area contributed by atoms with Crippen LogP contribution in [0.1, 0.15) is 43.5 Å². The van der Waals surface area contributed by atoms with E-state index in [4.69, 9.17) is 5.10 Å². The Hall–Kier alpha value is -3.07. The van der Waals surface area contributed by atoms with Gasteiger partial charge in [0, 0.05) is 39.0 Å². The Morgan fingerprint density at radius 2 is 1.76 bits per heavy atom. The highest BCUT2D eigenvalue weighted by Gasteiger charge is 2.20. The fourth-order valence-electron chi connectivity index (χ4n) is 4.86. The normalized spacial score (nSPS) is 17.5. The number of amides is 1. The average molecular weight is 466 g/mol. The molecule has 4 heterocycles. The summed E-state index contributed by atoms with van der Waals surface area (Å²) in [5.74, 6) is 2.01. The van der Waals surface area contributed by atoms with Crippen molar-refractivity contribution in [3.63, 3.8) is 0 Å². The van der Waals surface area contributed by atoms with Gasteiger partial charge in [0.1, 0.15) is 11.6 Å². The highest BCUT2D eigenvalue weighted by Crippen LogP contribution is 2.20. The van der Waals surface area contributed by atoms with Gasteiger partial charge in [0.2, 0.25) is 5.91 Å². The molecule has 0 atom stereocenters. The van der Waals surface area contributed by atoms with Gasteiger partial charge < -0.3 is 10.2 Å². The molecule has 1 N–H and O–H groups in total. The summed E-state index contributed by atoms with van der Waals surface area (Å²) >= 11 is 0. The minimum atomic E-state index is -0.196. The molecule has 1 amide bonds. The second kappa shape index (κ2) is 10.5. The third-order valence-corrected chi connectivity index (χ3v) is 6.93. The molecule has 8 nitrogen and oxygen atoms in total. The summed E-state index contributed by atoms with van der Waals surface area (Å²) in [6, 6.07) is 10.7. The zero-order chi connectivity index (χ0) is 23.3. The van der Waals surface area contributed by atoms with Crippen molar-refractivity contribution in [3.8, 4) is 0 Å². The molecule has 180 valence electrons. The van der Waals surface area contributed by atoms with Crippen LogP contribution in [0, 0.1) is 11.7 Å². The molecule has 1 aromatic carbocycles. The van der Waals surface area contributed by atoms with Crippen molar-refractivity contribution >= 4 is 17.4 Å². The molecule has 2 aliphatic rings. The molecule has 2 aliphatic heterocycles. The first-order chi connectivity index (χ1) is 16.6. The van der Waals surface area contributed by atoms with Crippen LogP contribution in [0.4, 0.5) is 10.2 Å². The van der Waals surface area contributed by atoms with Gasteiger partial charge in [-0.15, -0.1) is 15.3 Å². The Morgan fingerprint density at radius 1 is 1.00 bits per heavy atom. The SMILES string of the molecule is O=C(CCc1nnc2ccc(N3CCCC3)nn12)NCC1CCN(Cc2ccc(F)cc2)CC1. The molecule has 0 unspecified atom stereocenters. The van der Waals surface area contributed by atoms with E-state index in [1.54, 1.807) is 4.52 Å². The predicted octanol–water partition coefficient (Wildman–Crippen LogP) is 2.82. The maximum atomic E-state index is 13.1. The molecule has 9 heteroatoms. The van der Waals surface area contributed by atoms with E-state index in [-0.39, 0.29) is 11.7 Å². The number of nitrogens with zero attached hydrogens (tertiary/aromatic N) is 6. The standard InChI is InChI=1S/C25H32FN7O/c26-21-5-3-20(4-6-21)18-31-15-11-19(12-16-31)17-27-25(34)10-9-23-29-28-22-7-8-24(30-33(22)23)32-13-1-2-14-32/h3-8,19H,1-2,9-18H2,(H,27,34). The van der Waals surface area contributed by atoms with Gasteiger partial charge in [-0.25, -0.2) is 4.39 Å². The van der Waals surface area contributed by atoms with Crippen LogP contribution in [-0.4, -0.2) is 63.3 Å². The number of carbonyl (C=O) groups is 1. The Labute approximate surface area is 199 Å². The number of likely N-dealkylation sites (tertiary alicyclic amines) is 1. The number of carbonyl (C=O) groups excluding carboxylic acids is 1. The Balaban J connectivity index is 1.06. The molecule has 0 aliphatic carbocycles. The Kier molecular flexibility index (Phi) is 6.99. The molecule has 34 heavy (non-hydrogen) atoms. The van der Waals surface area contributed by atoms with Crippen LogP contribution in [0.3, 0.4) is 0 Å². The first-order valence-corrected chi connectivity index (χ1v) is 12.3.